The van der Waals surface area contributed by atoms with Gasteiger partial charge in [0.25, 0.3) is 5.91 Å². The van der Waals surface area contributed by atoms with Crippen LogP contribution in [0.25, 0.3) is 0 Å². The standard InChI is InChI=1S/C14H12BrNO3/c1-2-9-7-11(15)4-5-12(9)16-14(18)10-3-6-13(17)19-8-10/h3-8H,2H2,1H3,(H,16,18). The highest BCUT2D eigenvalue weighted by Crippen LogP contribution is 2.22. The van der Waals surface area contributed by atoms with Crippen molar-refractivity contribution in [1.82, 2.24) is 0 Å². The minimum absolute atomic E-state index is 0.305. The highest BCUT2D eigenvalue weighted by atomic mass is 79.9. The lowest BCUT2D eigenvalue weighted by atomic mass is 10.1. The zero-order valence-corrected chi connectivity index (χ0v) is 11.9. The van der Waals surface area contributed by atoms with Gasteiger partial charge in [-0.05, 0) is 36.2 Å². The van der Waals surface area contributed by atoms with Gasteiger partial charge in [-0.3, -0.25) is 4.79 Å². The van der Waals surface area contributed by atoms with Gasteiger partial charge < -0.3 is 9.73 Å². The molecule has 0 radical (unpaired) electrons. The van der Waals surface area contributed by atoms with Crippen LogP contribution in [0.2, 0.25) is 0 Å². The summed E-state index contributed by atoms with van der Waals surface area (Å²) in [5, 5.41) is 2.80. The summed E-state index contributed by atoms with van der Waals surface area (Å²) in [5.74, 6) is -0.305. The highest BCUT2D eigenvalue weighted by Gasteiger charge is 2.09. The molecule has 1 aromatic heterocycles. The van der Waals surface area contributed by atoms with E-state index in [-0.39, 0.29) is 5.91 Å². The smallest absolute Gasteiger partial charge is 0.335 e. The number of aryl methyl sites for hydroxylation is 1. The Kier molecular flexibility index (Phi) is 4.16. The minimum Gasteiger partial charge on any atom is -0.430 e. The number of carbonyl (C=O) groups excluding carboxylic acids is 1. The van der Waals surface area contributed by atoms with E-state index < -0.39 is 5.63 Å². The van der Waals surface area contributed by atoms with Gasteiger partial charge >= 0.3 is 5.63 Å². The number of benzene rings is 1. The van der Waals surface area contributed by atoms with Gasteiger partial charge in [0.15, 0.2) is 0 Å². The Morgan fingerprint density at radius 1 is 1.32 bits per heavy atom. The number of carbonyl (C=O) groups is 1. The number of nitrogens with one attached hydrogen (secondary N) is 1. The molecule has 19 heavy (non-hydrogen) atoms. The van der Waals surface area contributed by atoms with Crippen LogP contribution in [0.4, 0.5) is 5.69 Å². The van der Waals surface area contributed by atoms with Crippen LogP contribution in [0.15, 0.2) is 50.3 Å². The lowest BCUT2D eigenvalue weighted by Gasteiger charge is -2.10. The molecule has 0 saturated heterocycles. The Morgan fingerprint density at radius 3 is 2.74 bits per heavy atom. The van der Waals surface area contributed by atoms with Crippen LogP contribution in [0.1, 0.15) is 22.8 Å². The van der Waals surface area contributed by atoms with Gasteiger partial charge in [0.2, 0.25) is 0 Å². The van der Waals surface area contributed by atoms with E-state index in [1.807, 2.05) is 25.1 Å². The fourth-order valence-electron chi connectivity index (χ4n) is 1.66. The van der Waals surface area contributed by atoms with Gasteiger partial charge in [-0.2, -0.15) is 0 Å². The number of halogens is 1. The van der Waals surface area contributed by atoms with Crippen LogP contribution in [-0.4, -0.2) is 5.91 Å². The van der Waals surface area contributed by atoms with E-state index in [1.54, 1.807) is 0 Å². The molecule has 1 aromatic carbocycles. The summed E-state index contributed by atoms with van der Waals surface area (Å²) in [7, 11) is 0. The van der Waals surface area contributed by atoms with Crippen LogP contribution in [0.5, 0.6) is 0 Å². The van der Waals surface area contributed by atoms with E-state index in [0.717, 1.165) is 28.4 Å². The Bertz CT molecular complexity index is 643. The van der Waals surface area contributed by atoms with Crippen molar-refractivity contribution in [2.45, 2.75) is 13.3 Å². The monoisotopic (exact) mass is 321 g/mol. The van der Waals surface area contributed by atoms with Crippen molar-refractivity contribution < 1.29 is 9.21 Å². The van der Waals surface area contributed by atoms with Crippen molar-refractivity contribution in [1.29, 1.82) is 0 Å². The molecule has 0 aliphatic heterocycles. The quantitative estimate of drug-likeness (QED) is 0.944. The molecule has 98 valence electrons. The maximum atomic E-state index is 12.0. The maximum absolute atomic E-state index is 12.0. The zero-order valence-electron chi connectivity index (χ0n) is 10.3. The summed E-state index contributed by atoms with van der Waals surface area (Å²) in [6.45, 7) is 2.01. The molecule has 4 nitrogen and oxygen atoms in total. The molecule has 0 aliphatic rings. The van der Waals surface area contributed by atoms with Gasteiger partial charge in [-0.25, -0.2) is 4.79 Å². The van der Waals surface area contributed by atoms with Crippen LogP contribution >= 0.6 is 15.9 Å². The summed E-state index contributed by atoms with van der Waals surface area (Å²) in [5.41, 5.74) is 1.61. The fraction of sp³-hybridized carbons (Fsp3) is 0.143. The highest BCUT2D eigenvalue weighted by molar-refractivity contribution is 9.10. The normalized spacial score (nSPS) is 10.2. The molecular formula is C14H12BrNO3. The Labute approximate surface area is 118 Å². The van der Waals surface area contributed by atoms with Crippen molar-refractivity contribution >= 4 is 27.5 Å². The second-order valence-electron chi connectivity index (χ2n) is 3.95. The zero-order chi connectivity index (χ0) is 13.8. The van der Waals surface area contributed by atoms with Crippen molar-refractivity contribution in [3.63, 3.8) is 0 Å². The molecule has 1 amide bonds. The Morgan fingerprint density at radius 2 is 2.11 bits per heavy atom. The van der Waals surface area contributed by atoms with E-state index in [1.165, 1.54) is 12.1 Å². The lowest BCUT2D eigenvalue weighted by molar-refractivity contribution is 0.102. The second kappa shape index (κ2) is 5.84. The first-order valence-electron chi connectivity index (χ1n) is 5.79. The van der Waals surface area contributed by atoms with Crippen LogP contribution < -0.4 is 10.9 Å². The molecule has 0 unspecified atom stereocenters. The average Bonchev–Trinajstić information content (AvgIpc) is 2.41. The first-order valence-corrected chi connectivity index (χ1v) is 6.58. The van der Waals surface area contributed by atoms with Crippen molar-refractivity contribution in [3.8, 4) is 0 Å². The largest absolute Gasteiger partial charge is 0.430 e. The van der Waals surface area contributed by atoms with Gasteiger partial charge in [0, 0.05) is 16.2 Å². The van der Waals surface area contributed by atoms with Crippen LogP contribution in [-0.2, 0) is 6.42 Å². The summed E-state index contributed by atoms with van der Waals surface area (Å²) in [6.07, 6.45) is 1.96. The van der Waals surface area contributed by atoms with Gasteiger partial charge in [-0.1, -0.05) is 22.9 Å². The van der Waals surface area contributed by atoms with E-state index in [9.17, 15) is 9.59 Å². The summed E-state index contributed by atoms with van der Waals surface area (Å²) in [4.78, 5) is 22.8. The molecule has 2 aromatic rings. The van der Waals surface area contributed by atoms with E-state index in [4.69, 9.17) is 0 Å². The second-order valence-corrected chi connectivity index (χ2v) is 4.87. The topological polar surface area (TPSA) is 59.3 Å². The summed E-state index contributed by atoms with van der Waals surface area (Å²) < 4.78 is 5.63. The summed E-state index contributed by atoms with van der Waals surface area (Å²) >= 11 is 3.39. The van der Waals surface area contributed by atoms with Crippen molar-refractivity contribution in [2.24, 2.45) is 0 Å². The Balaban J connectivity index is 2.23. The number of amides is 1. The molecular weight excluding hydrogens is 310 g/mol. The number of hydrogen-bond donors (Lipinski definition) is 1. The third kappa shape index (κ3) is 3.32. The fourth-order valence-corrected chi connectivity index (χ4v) is 2.07. The van der Waals surface area contributed by atoms with Crippen LogP contribution in [0, 0.1) is 0 Å². The van der Waals surface area contributed by atoms with Gasteiger partial charge in [-0.15, -0.1) is 0 Å². The minimum atomic E-state index is -0.477. The van der Waals surface area contributed by atoms with Gasteiger partial charge in [0.1, 0.15) is 6.26 Å². The van der Waals surface area contributed by atoms with E-state index in [0.29, 0.717) is 5.56 Å². The predicted molar refractivity (Wildman–Crippen MR) is 76.5 cm³/mol. The molecule has 5 heteroatoms. The summed E-state index contributed by atoms with van der Waals surface area (Å²) in [6, 6.07) is 8.31. The van der Waals surface area contributed by atoms with E-state index >= 15 is 0 Å². The molecule has 0 atom stereocenters. The predicted octanol–water partition coefficient (Wildman–Crippen LogP) is 3.22. The third-order valence-corrected chi connectivity index (χ3v) is 3.15. The molecule has 2 rings (SSSR count). The first-order chi connectivity index (χ1) is 9.10. The molecule has 0 fully saturated rings. The van der Waals surface area contributed by atoms with Gasteiger partial charge in [0.05, 0.1) is 5.56 Å². The maximum Gasteiger partial charge on any atom is 0.335 e. The Hall–Kier alpha value is -1.88. The number of rotatable bonds is 3. The molecule has 0 bridgehead atoms. The molecule has 1 heterocycles. The molecule has 0 aliphatic carbocycles. The van der Waals surface area contributed by atoms with Crippen molar-refractivity contribution in [2.75, 3.05) is 5.32 Å². The third-order valence-electron chi connectivity index (χ3n) is 2.66. The van der Waals surface area contributed by atoms with Crippen LogP contribution in [0.3, 0.4) is 0 Å². The number of anilines is 1. The van der Waals surface area contributed by atoms with Crippen molar-refractivity contribution in [3.05, 3.63) is 62.6 Å². The SMILES string of the molecule is CCc1cc(Br)ccc1NC(=O)c1ccc(=O)oc1. The number of hydrogen-bond acceptors (Lipinski definition) is 3. The molecule has 0 spiro atoms. The lowest BCUT2D eigenvalue weighted by Crippen LogP contribution is -2.14. The van der Waals surface area contributed by atoms with E-state index in [2.05, 4.69) is 25.7 Å². The molecule has 0 saturated carbocycles. The molecule has 1 N–H and O–H groups in total. The first kappa shape index (κ1) is 13.5. The average molecular weight is 322 g/mol.